The maximum Gasteiger partial charge on any atom is 0.273 e. The molecular weight excluding hydrogens is 350 g/mol. The fraction of sp³-hybridized carbons (Fsp3) is 0.318. The van der Waals surface area contributed by atoms with Crippen LogP contribution in [0.25, 0.3) is 11.1 Å². The zero-order chi connectivity index (χ0) is 19.3. The average molecular weight is 375 g/mol. The summed E-state index contributed by atoms with van der Waals surface area (Å²) in [5, 5.41) is 14.5. The number of hydrogen-bond acceptors (Lipinski definition) is 4. The van der Waals surface area contributed by atoms with Crippen LogP contribution < -0.4 is 10.6 Å². The van der Waals surface area contributed by atoms with Gasteiger partial charge < -0.3 is 10.6 Å². The first-order valence-electron chi connectivity index (χ1n) is 9.76. The van der Waals surface area contributed by atoms with Crippen molar-refractivity contribution in [3.63, 3.8) is 0 Å². The number of aromatic nitrogens is 3. The predicted molar refractivity (Wildman–Crippen MR) is 109 cm³/mol. The molecule has 3 aromatic rings. The molecule has 1 fully saturated rings. The smallest absolute Gasteiger partial charge is 0.273 e. The van der Waals surface area contributed by atoms with Crippen molar-refractivity contribution in [2.45, 2.75) is 32.4 Å². The average Bonchev–Trinajstić information content (AvgIpc) is 3.23. The molecule has 0 saturated carbocycles. The van der Waals surface area contributed by atoms with Crippen LogP contribution in [0.2, 0.25) is 0 Å². The summed E-state index contributed by atoms with van der Waals surface area (Å²) in [7, 11) is 0. The number of amides is 1. The second kappa shape index (κ2) is 8.35. The SMILES string of the molecule is Cc1cccc(-c2ccc(CNC(=O)c3cn(C4CCNCC4)nn3)cc2)c1. The number of piperidine rings is 1. The third-order valence-corrected chi connectivity index (χ3v) is 5.18. The van der Waals surface area contributed by atoms with Crippen molar-refractivity contribution in [2.75, 3.05) is 13.1 Å². The Morgan fingerprint density at radius 1 is 1.14 bits per heavy atom. The normalized spacial score (nSPS) is 14.8. The lowest BCUT2D eigenvalue weighted by Crippen LogP contribution is -2.29. The van der Waals surface area contributed by atoms with Crippen LogP contribution in [0.3, 0.4) is 0 Å². The number of benzene rings is 2. The molecule has 2 heterocycles. The van der Waals surface area contributed by atoms with E-state index in [-0.39, 0.29) is 5.91 Å². The fourth-order valence-corrected chi connectivity index (χ4v) is 3.54. The maximum atomic E-state index is 12.4. The molecule has 144 valence electrons. The minimum absolute atomic E-state index is 0.192. The van der Waals surface area contributed by atoms with Crippen LogP contribution in [0.15, 0.2) is 54.7 Å². The zero-order valence-corrected chi connectivity index (χ0v) is 16.1. The highest BCUT2D eigenvalue weighted by molar-refractivity contribution is 5.91. The van der Waals surface area contributed by atoms with Crippen LogP contribution in [0.1, 0.15) is 40.5 Å². The molecule has 0 aliphatic carbocycles. The van der Waals surface area contributed by atoms with Gasteiger partial charge in [-0.1, -0.05) is 59.3 Å². The van der Waals surface area contributed by atoms with Crippen molar-refractivity contribution in [3.8, 4) is 11.1 Å². The zero-order valence-electron chi connectivity index (χ0n) is 16.1. The maximum absolute atomic E-state index is 12.4. The highest BCUT2D eigenvalue weighted by Crippen LogP contribution is 2.21. The van der Waals surface area contributed by atoms with Gasteiger partial charge in [0.05, 0.1) is 12.2 Å². The summed E-state index contributed by atoms with van der Waals surface area (Å²) < 4.78 is 1.83. The lowest BCUT2D eigenvalue weighted by molar-refractivity contribution is 0.0946. The second-order valence-electron chi connectivity index (χ2n) is 7.31. The van der Waals surface area contributed by atoms with Crippen LogP contribution >= 0.6 is 0 Å². The quantitative estimate of drug-likeness (QED) is 0.719. The van der Waals surface area contributed by atoms with Crippen LogP contribution in [0.4, 0.5) is 0 Å². The molecule has 0 atom stereocenters. The van der Waals surface area contributed by atoms with Crippen molar-refractivity contribution in [1.82, 2.24) is 25.6 Å². The Labute approximate surface area is 165 Å². The Hall–Kier alpha value is -2.99. The summed E-state index contributed by atoms with van der Waals surface area (Å²) in [4.78, 5) is 12.4. The summed E-state index contributed by atoms with van der Waals surface area (Å²) in [5.41, 5.74) is 5.03. The van der Waals surface area contributed by atoms with Gasteiger partial charge in [0.1, 0.15) is 0 Å². The molecule has 0 radical (unpaired) electrons. The first kappa shape index (κ1) is 18.4. The van der Waals surface area contributed by atoms with Gasteiger partial charge >= 0.3 is 0 Å². The molecule has 4 rings (SSSR count). The van der Waals surface area contributed by atoms with E-state index >= 15 is 0 Å². The van der Waals surface area contributed by atoms with Gasteiger partial charge in [-0.25, -0.2) is 4.68 Å². The van der Waals surface area contributed by atoms with Crippen LogP contribution in [0.5, 0.6) is 0 Å². The molecule has 2 aromatic carbocycles. The Bertz CT molecular complexity index is 942. The van der Waals surface area contributed by atoms with Crippen LogP contribution in [-0.4, -0.2) is 34.0 Å². The van der Waals surface area contributed by atoms with E-state index in [2.05, 4.69) is 64.3 Å². The number of nitrogens with zero attached hydrogens (tertiary/aromatic N) is 3. The molecule has 0 bridgehead atoms. The lowest BCUT2D eigenvalue weighted by Gasteiger charge is -2.22. The van der Waals surface area contributed by atoms with Crippen molar-refractivity contribution in [2.24, 2.45) is 0 Å². The molecule has 1 aliphatic rings. The molecule has 6 nitrogen and oxygen atoms in total. The van der Waals surface area contributed by atoms with E-state index in [9.17, 15) is 4.79 Å². The molecule has 0 spiro atoms. The number of carbonyl (C=O) groups is 1. The lowest BCUT2D eigenvalue weighted by atomic mass is 10.0. The Kier molecular flexibility index (Phi) is 5.48. The highest BCUT2D eigenvalue weighted by Gasteiger charge is 2.18. The first-order chi connectivity index (χ1) is 13.7. The molecule has 1 saturated heterocycles. The molecular formula is C22H25N5O. The van der Waals surface area contributed by atoms with E-state index < -0.39 is 0 Å². The van der Waals surface area contributed by atoms with E-state index in [0.29, 0.717) is 18.3 Å². The molecule has 6 heteroatoms. The van der Waals surface area contributed by atoms with E-state index in [1.54, 1.807) is 6.20 Å². The van der Waals surface area contributed by atoms with E-state index in [0.717, 1.165) is 31.5 Å². The summed E-state index contributed by atoms with van der Waals surface area (Å²) in [6.07, 6.45) is 3.78. The van der Waals surface area contributed by atoms with Crippen molar-refractivity contribution >= 4 is 5.91 Å². The van der Waals surface area contributed by atoms with Crippen LogP contribution in [0, 0.1) is 6.92 Å². The van der Waals surface area contributed by atoms with E-state index in [1.807, 2.05) is 16.8 Å². The minimum atomic E-state index is -0.192. The van der Waals surface area contributed by atoms with Gasteiger partial charge in [0.2, 0.25) is 0 Å². The predicted octanol–water partition coefficient (Wildman–Crippen LogP) is 3.11. The standard InChI is InChI=1S/C22H25N5O/c1-16-3-2-4-19(13-16)18-7-5-17(6-8-18)14-24-22(28)21-15-27(26-25-21)20-9-11-23-12-10-20/h2-8,13,15,20,23H,9-12,14H2,1H3,(H,24,28). The Morgan fingerprint density at radius 3 is 2.68 bits per heavy atom. The topological polar surface area (TPSA) is 71.8 Å². The van der Waals surface area contributed by atoms with Crippen molar-refractivity contribution in [3.05, 3.63) is 71.5 Å². The molecule has 28 heavy (non-hydrogen) atoms. The summed E-state index contributed by atoms with van der Waals surface area (Å²) in [6.45, 7) is 4.51. The number of rotatable bonds is 5. The monoisotopic (exact) mass is 375 g/mol. The Balaban J connectivity index is 1.35. The van der Waals surface area contributed by atoms with E-state index in [4.69, 9.17) is 0 Å². The summed E-state index contributed by atoms with van der Waals surface area (Å²) in [5.74, 6) is -0.192. The molecule has 1 amide bonds. The van der Waals surface area contributed by atoms with Gasteiger partial charge in [0.25, 0.3) is 5.91 Å². The van der Waals surface area contributed by atoms with Gasteiger partial charge in [-0.2, -0.15) is 0 Å². The third-order valence-electron chi connectivity index (χ3n) is 5.18. The largest absolute Gasteiger partial charge is 0.347 e. The summed E-state index contributed by atoms with van der Waals surface area (Å²) in [6, 6.07) is 17.0. The second-order valence-corrected chi connectivity index (χ2v) is 7.31. The van der Waals surface area contributed by atoms with Gasteiger partial charge in [-0.15, -0.1) is 5.10 Å². The van der Waals surface area contributed by atoms with Gasteiger partial charge in [0.15, 0.2) is 5.69 Å². The highest BCUT2D eigenvalue weighted by atomic mass is 16.2. The van der Waals surface area contributed by atoms with Gasteiger partial charge in [-0.05, 0) is 49.5 Å². The minimum Gasteiger partial charge on any atom is -0.347 e. The van der Waals surface area contributed by atoms with Crippen molar-refractivity contribution < 1.29 is 4.79 Å². The van der Waals surface area contributed by atoms with Crippen molar-refractivity contribution in [1.29, 1.82) is 0 Å². The number of aryl methyl sites for hydroxylation is 1. The van der Waals surface area contributed by atoms with Crippen LogP contribution in [-0.2, 0) is 6.54 Å². The fourth-order valence-electron chi connectivity index (χ4n) is 3.54. The number of hydrogen-bond donors (Lipinski definition) is 2. The number of carbonyl (C=O) groups excluding carboxylic acids is 1. The Morgan fingerprint density at radius 2 is 1.93 bits per heavy atom. The molecule has 0 unspecified atom stereocenters. The van der Waals surface area contributed by atoms with Gasteiger partial charge in [-0.3, -0.25) is 4.79 Å². The van der Waals surface area contributed by atoms with Gasteiger partial charge in [0, 0.05) is 6.54 Å². The number of nitrogens with one attached hydrogen (secondary N) is 2. The molecule has 1 aromatic heterocycles. The van der Waals surface area contributed by atoms with E-state index in [1.165, 1.54) is 16.7 Å². The molecule has 1 aliphatic heterocycles. The first-order valence-corrected chi connectivity index (χ1v) is 9.76. The molecule has 2 N–H and O–H groups in total. The summed E-state index contributed by atoms with van der Waals surface area (Å²) >= 11 is 0. The third kappa shape index (κ3) is 4.28.